The molecule has 1 aromatic heterocycles. The Kier molecular flexibility index (Phi) is 4.17. The van der Waals surface area contributed by atoms with Crippen molar-refractivity contribution in [2.75, 3.05) is 51.3 Å². The van der Waals surface area contributed by atoms with Crippen LogP contribution in [0, 0.1) is 6.92 Å². The third-order valence-electron chi connectivity index (χ3n) is 4.18. The van der Waals surface area contributed by atoms with Crippen LogP contribution in [-0.2, 0) is 4.74 Å². The van der Waals surface area contributed by atoms with E-state index in [0.29, 0.717) is 5.92 Å². The first kappa shape index (κ1) is 13.8. The van der Waals surface area contributed by atoms with E-state index < -0.39 is 0 Å². The Morgan fingerprint density at radius 1 is 1.20 bits per heavy atom. The highest BCUT2D eigenvalue weighted by molar-refractivity contribution is 5.40. The number of aryl methyl sites for hydroxylation is 1. The molecule has 2 aliphatic rings. The van der Waals surface area contributed by atoms with Crippen LogP contribution in [0.3, 0.4) is 0 Å². The molecule has 0 aliphatic carbocycles. The van der Waals surface area contributed by atoms with Crippen LogP contribution in [0.4, 0.5) is 5.82 Å². The average molecular weight is 276 g/mol. The first-order valence-corrected chi connectivity index (χ1v) is 7.59. The lowest BCUT2D eigenvalue weighted by Crippen LogP contribution is -2.37. The molecule has 110 valence electrons. The van der Waals surface area contributed by atoms with Crippen LogP contribution in [0.1, 0.15) is 30.3 Å². The van der Waals surface area contributed by atoms with Gasteiger partial charge in [-0.1, -0.05) is 0 Å². The number of aromatic nitrogens is 2. The van der Waals surface area contributed by atoms with Gasteiger partial charge < -0.3 is 14.5 Å². The quantitative estimate of drug-likeness (QED) is 0.817. The Hall–Kier alpha value is -1.20. The fourth-order valence-corrected chi connectivity index (χ4v) is 3.09. The minimum absolute atomic E-state index is 0.480. The van der Waals surface area contributed by atoms with Crippen LogP contribution in [0.2, 0.25) is 0 Å². The fraction of sp³-hybridized carbons (Fsp3) is 0.733. The van der Waals surface area contributed by atoms with Crippen LogP contribution in [0.25, 0.3) is 0 Å². The van der Waals surface area contributed by atoms with Crippen molar-refractivity contribution in [2.45, 2.75) is 25.7 Å². The van der Waals surface area contributed by atoms with Crippen LogP contribution in [-0.4, -0.2) is 61.3 Å². The summed E-state index contributed by atoms with van der Waals surface area (Å²) in [5.74, 6) is 2.58. The molecule has 2 saturated heterocycles. The van der Waals surface area contributed by atoms with E-state index in [1.807, 2.05) is 0 Å². The summed E-state index contributed by atoms with van der Waals surface area (Å²) < 4.78 is 5.42. The van der Waals surface area contributed by atoms with Crippen LogP contribution in [0.15, 0.2) is 6.07 Å². The molecular formula is C15H24N4O. The van der Waals surface area contributed by atoms with Gasteiger partial charge in [0.2, 0.25) is 0 Å². The second kappa shape index (κ2) is 6.06. The van der Waals surface area contributed by atoms with Gasteiger partial charge in [-0.05, 0) is 33.4 Å². The monoisotopic (exact) mass is 276 g/mol. The van der Waals surface area contributed by atoms with Gasteiger partial charge >= 0.3 is 0 Å². The molecule has 0 aromatic carbocycles. The van der Waals surface area contributed by atoms with Crippen LogP contribution < -0.4 is 4.90 Å². The lowest BCUT2D eigenvalue weighted by Gasteiger charge is -2.31. The number of anilines is 1. The maximum atomic E-state index is 5.42. The maximum absolute atomic E-state index is 5.42. The van der Waals surface area contributed by atoms with Crippen molar-refractivity contribution in [3.05, 3.63) is 17.6 Å². The number of hydrogen-bond donors (Lipinski definition) is 0. The molecule has 2 aliphatic heterocycles. The Labute approximate surface area is 121 Å². The smallest absolute Gasteiger partial charge is 0.135 e. The normalized spacial score (nSPS) is 24.9. The highest BCUT2D eigenvalue weighted by atomic mass is 16.5. The second-order valence-corrected chi connectivity index (χ2v) is 5.93. The number of ether oxygens (including phenoxy) is 1. The number of rotatable bonds is 2. The lowest BCUT2D eigenvalue weighted by atomic mass is 9.97. The van der Waals surface area contributed by atoms with Gasteiger partial charge in [0.15, 0.2) is 0 Å². The molecule has 0 bridgehead atoms. The van der Waals surface area contributed by atoms with Crippen molar-refractivity contribution in [1.29, 1.82) is 0 Å². The van der Waals surface area contributed by atoms with Crippen molar-refractivity contribution >= 4 is 5.82 Å². The molecular weight excluding hydrogens is 252 g/mol. The summed E-state index contributed by atoms with van der Waals surface area (Å²) in [6.45, 7) is 7.79. The summed E-state index contributed by atoms with van der Waals surface area (Å²) >= 11 is 0. The number of morpholine rings is 1. The summed E-state index contributed by atoms with van der Waals surface area (Å²) in [6, 6.07) is 2.10. The SMILES string of the molecule is Cc1cc(N2CCOCC2)nc([C@H]2CCCN(C)C2)n1. The van der Waals surface area contributed by atoms with Gasteiger partial charge in [0, 0.05) is 37.3 Å². The Balaban J connectivity index is 1.82. The third kappa shape index (κ3) is 3.10. The minimum atomic E-state index is 0.480. The molecule has 3 heterocycles. The van der Waals surface area contributed by atoms with Gasteiger partial charge in [0.25, 0.3) is 0 Å². The number of nitrogens with zero attached hydrogens (tertiary/aromatic N) is 4. The maximum Gasteiger partial charge on any atom is 0.135 e. The first-order valence-electron chi connectivity index (χ1n) is 7.59. The number of likely N-dealkylation sites (tertiary alicyclic amines) is 1. The molecule has 0 spiro atoms. The van der Waals surface area contributed by atoms with Gasteiger partial charge in [-0.3, -0.25) is 0 Å². The molecule has 0 saturated carbocycles. The van der Waals surface area contributed by atoms with Crippen molar-refractivity contribution in [3.8, 4) is 0 Å². The zero-order chi connectivity index (χ0) is 13.9. The van der Waals surface area contributed by atoms with E-state index >= 15 is 0 Å². The van der Waals surface area contributed by atoms with E-state index in [9.17, 15) is 0 Å². The van der Waals surface area contributed by atoms with Crippen LogP contribution in [0.5, 0.6) is 0 Å². The summed E-state index contributed by atoms with van der Waals surface area (Å²) in [5, 5.41) is 0. The molecule has 20 heavy (non-hydrogen) atoms. The standard InChI is InChI=1S/C15H24N4O/c1-12-10-14(19-6-8-20-9-7-19)17-15(16-12)13-4-3-5-18(2)11-13/h10,13H,3-9,11H2,1-2H3/t13-/m0/s1. The van der Waals surface area contributed by atoms with Gasteiger partial charge in [-0.25, -0.2) is 9.97 Å². The van der Waals surface area contributed by atoms with E-state index in [1.54, 1.807) is 0 Å². The predicted molar refractivity (Wildman–Crippen MR) is 79.3 cm³/mol. The average Bonchev–Trinajstić information content (AvgIpc) is 2.47. The van der Waals surface area contributed by atoms with E-state index in [2.05, 4.69) is 29.8 Å². The van der Waals surface area contributed by atoms with E-state index in [-0.39, 0.29) is 0 Å². The van der Waals surface area contributed by atoms with E-state index in [0.717, 1.165) is 50.2 Å². The summed E-state index contributed by atoms with van der Waals surface area (Å²) in [6.07, 6.45) is 2.45. The van der Waals surface area contributed by atoms with Gasteiger partial charge in [0.05, 0.1) is 13.2 Å². The Morgan fingerprint density at radius 2 is 2.00 bits per heavy atom. The number of likely N-dealkylation sites (N-methyl/N-ethyl adjacent to an activating group) is 1. The summed E-state index contributed by atoms with van der Waals surface area (Å²) in [5.41, 5.74) is 1.07. The molecule has 1 atom stereocenters. The van der Waals surface area contributed by atoms with E-state index in [1.165, 1.54) is 19.4 Å². The minimum Gasteiger partial charge on any atom is -0.378 e. The van der Waals surface area contributed by atoms with Gasteiger partial charge in [-0.15, -0.1) is 0 Å². The second-order valence-electron chi connectivity index (χ2n) is 5.93. The van der Waals surface area contributed by atoms with Gasteiger partial charge in [0.1, 0.15) is 11.6 Å². The Morgan fingerprint density at radius 3 is 2.75 bits per heavy atom. The lowest BCUT2D eigenvalue weighted by molar-refractivity contribution is 0.122. The molecule has 3 rings (SSSR count). The molecule has 5 heteroatoms. The van der Waals surface area contributed by atoms with Crippen LogP contribution >= 0.6 is 0 Å². The Bertz CT molecular complexity index is 459. The summed E-state index contributed by atoms with van der Waals surface area (Å²) in [4.78, 5) is 14.2. The highest BCUT2D eigenvalue weighted by Crippen LogP contribution is 2.25. The fourth-order valence-electron chi connectivity index (χ4n) is 3.09. The number of piperidine rings is 1. The summed E-state index contributed by atoms with van der Waals surface area (Å²) in [7, 11) is 2.19. The van der Waals surface area contributed by atoms with E-state index in [4.69, 9.17) is 14.7 Å². The van der Waals surface area contributed by atoms with Crippen molar-refractivity contribution < 1.29 is 4.74 Å². The zero-order valence-electron chi connectivity index (χ0n) is 12.5. The number of hydrogen-bond acceptors (Lipinski definition) is 5. The van der Waals surface area contributed by atoms with Crippen molar-refractivity contribution in [2.24, 2.45) is 0 Å². The molecule has 0 amide bonds. The first-order chi connectivity index (χ1) is 9.72. The van der Waals surface area contributed by atoms with Crippen molar-refractivity contribution in [1.82, 2.24) is 14.9 Å². The topological polar surface area (TPSA) is 41.5 Å². The molecule has 0 unspecified atom stereocenters. The zero-order valence-corrected chi connectivity index (χ0v) is 12.5. The molecule has 0 N–H and O–H groups in total. The molecule has 0 radical (unpaired) electrons. The predicted octanol–water partition coefficient (Wildman–Crippen LogP) is 1.43. The van der Waals surface area contributed by atoms with Crippen molar-refractivity contribution in [3.63, 3.8) is 0 Å². The molecule has 1 aromatic rings. The third-order valence-corrected chi connectivity index (χ3v) is 4.18. The highest BCUT2D eigenvalue weighted by Gasteiger charge is 2.23. The largest absolute Gasteiger partial charge is 0.378 e. The molecule has 2 fully saturated rings. The van der Waals surface area contributed by atoms with Gasteiger partial charge in [-0.2, -0.15) is 0 Å². The molecule has 5 nitrogen and oxygen atoms in total.